The Kier molecular flexibility index (Phi) is 4.63. The summed E-state index contributed by atoms with van der Waals surface area (Å²) in [4.78, 5) is 16.8. The molecule has 25 heavy (non-hydrogen) atoms. The number of aliphatic hydroxyl groups excluding tert-OH is 1. The highest BCUT2D eigenvalue weighted by atomic mass is 32.2. The van der Waals surface area contributed by atoms with Crippen molar-refractivity contribution < 1.29 is 9.90 Å². The van der Waals surface area contributed by atoms with E-state index >= 15 is 0 Å². The molecule has 0 radical (unpaired) electrons. The van der Waals surface area contributed by atoms with E-state index < -0.39 is 0 Å². The molecular weight excluding hydrogens is 334 g/mol. The molecule has 6 heteroatoms. The molecule has 0 saturated heterocycles. The Morgan fingerprint density at radius 1 is 1.16 bits per heavy atom. The number of hydrogen-bond acceptors (Lipinski definition) is 5. The molecule has 0 bridgehead atoms. The fraction of sp³-hybridized carbons (Fsp3) is 0.211. The smallest absolute Gasteiger partial charge is 0.169 e. The molecule has 3 rings (SSSR count). The predicted molar refractivity (Wildman–Crippen MR) is 99.8 cm³/mol. The van der Waals surface area contributed by atoms with Crippen molar-refractivity contribution in [1.82, 2.24) is 14.6 Å². The molecule has 1 N–H and O–H groups in total. The van der Waals surface area contributed by atoms with Crippen LogP contribution < -0.4 is 0 Å². The number of carbonyl (C=O) groups is 1. The molecule has 0 aliphatic rings. The Hall–Kier alpha value is -2.60. The highest BCUT2D eigenvalue weighted by molar-refractivity contribution is 8.04. The van der Waals surface area contributed by atoms with Crippen molar-refractivity contribution in [3.8, 4) is 11.1 Å². The van der Waals surface area contributed by atoms with Gasteiger partial charge in [-0.2, -0.15) is 5.10 Å². The summed E-state index contributed by atoms with van der Waals surface area (Å²) in [6.45, 7) is 6.81. The Balaban J connectivity index is 2.23. The van der Waals surface area contributed by atoms with Crippen LogP contribution in [0.5, 0.6) is 0 Å². The lowest BCUT2D eigenvalue weighted by Gasteiger charge is -2.08. The van der Waals surface area contributed by atoms with Gasteiger partial charge in [0.05, 0.1) is 10.6 Å². The van der Waals surface area contributed by atoms with Gasteiger partial charge in [0.25, 0.3) is 0 Å². The average molecular weight is 353 g/mol. The topological polar surface area (TPSA) is 67.5 Å². The van der Waals surface area contributed by atoms with E-state index in [1.165, 1.54) is 25.6 Å². The van der Waals surface area contributed by atoms with Crippen molar-refractivity contribution in [1.29, 1.82) is 0 Å². The standard InChI is InChI=1S/C19H19N3O2S/c1-11-10-16(25-18(13(3)23)14(4)24)22-19(20-11)17(12(2)21-22)15-8-6-5-7-9-15/h5-10,23H,1-4H3/b18-13+. The summed E-state index contributed by atoms with van der Waals surface area (Å²) in [6, 6.07) is 11.9. The number of benzene rings is 1. The second-order valence-corrected chi connectivity index (χ2v) is 6.90. The van der Waals surface area contributed by atoms with E-state index in [9.17, 15) is 9.90 Å². The zero-order valence-corrected chi connectivity index (χ0v) is 15.4. The van der Waals surface area contributed by atoms with Gasteiger partial charge < -0.3 is 5.11 Å². The Morgan fingerprint density at radius 3 is 2.44 bits per heavy atom. The first-order valence-corrected chi connectivity index (χ1v) is 8.71. The zero-order valence-electron chi connectivity index (χ0n) is 14.6. The van der Waals surface area contributed by atoms with Crippen molar-refractivity contribution in [3.63, 3.8) is 0 Å². The molecule has 3 aromatic rings. The van der Waals surface area contributed by atoms with E-state index in [0.29, 0.717) is 4.91 Å². The van der Waals surface area contributed by atoms with Gasteiger partial charge in [0.15, 0.2) is 11.4 Å². The van der Waals surface area contributed by atoms with Gasteiger partial charge in [0.1, 0.15) is 10.8 Å². The summed E-state index contributed by atoms with van der Waals surface area (Å²) in [5.41, 5.74) is 4.44. The first-order chi connectivity index (χ1) is 11.9. The molecule has 0 aliphatic carbocycles. The number of aliphatic hydroxyl groups is 1. The van der Waals surface area contributed by atoms with Crippen LogP contribution >= 0.6 is 11.8 Å². The normalized spacial score (nSPS) is 12.3. The maximum Gasteiger partial charge on any atom is 0.169 e. The number of allylic oxidation sites excluding steroid dienone is 2. The third kappa shape index (κ3) is 3.30. The molecule has 0 spiro atoms. The van der Waals surface area contributed by atoms with Gasteiger partial charge in [0, 0.05) is 11.3 Å². The van der Waals surface area contributed by atoms with Crippen LogP contribution in [0.2, 0.25) is 0 Å². The van der Waals surface area contributed by atoms with E-state index in [4.69, 9.17) is 0 Å². The van der Waals surface area contributed by atoms with Crippen LogP contribution in [0.3, 0.4) is 0 Å². The van der Waals surface area contributed by atoms with Gasteiger partial charge in [-0.25, -0.2) is 9.50 Å². The number of nitrogens with zero attached hydrogens (tertiary/aromatic N) is 3. The van der Waals surface area contributed by atoms with Crippen molar-refractivity contribution in [3.05, 3.63) is 58.5 Å². The molecule has 0 aliphatic heterocycles. The lowest BCUT2D eigenvalue weighted by molar-refractivity contribution is -0.113. The predicted octanol–water partition coefficient (Wildman–Crippen LogP) is 4.48. The molecule has 5 nitrogen and oxygen atoms in total. The second-order valence-electron chi connectivity index (χ2n) is 5.87. The number of fused-ring (bicyclic) bond motifs is 1. The van der Waals surface area contributed by atoms with Gasteiger partial charge >= 0.3 is 0 Å². The summed E-state index contributed by atoms with van der Waals surface area (Å²) in [5.74, 6) is -0.174. The first kappa shape index (κ1) is 17.2. The summed E-state index contributed by atoms with van der Waals surface area (Å²) < 4.78 is 1.74. The molecule has 0 amide bonds. The van der Waals surface area contributed by atoms with E-state index in [1.54, 1.807) is 4.52 Å². The summed E-state index contributed by atoms with van der Waals surface area (Å²) in [5, 5.41) is 15.2. The van der Waals surface area contributed by atoms with Crippen molar-refractivity contribution in [2.75, 3.05) is 0 Å². The highest BCUT2D eigenvalue weighted by Gasteiger charge is 2.19. The molecule has 1 aromatic carbocycles. The van der Waals surface area contributed by atoms with Crippen molar-refractivity contribution >= 4 is 23.2 Å². The lowest BCUT2D eigenvalue weighted by atomic mass is 10.1. The van der Waals surface area contributed by atoms with Gasteiger partial charge in [-0.3, -0.25) is 4.79 Å². The summed E-state index contributed by atoms with van der Waals surface area (Å²) in [7, 11) is 0. The minimum absolute atomic E-state index is 0.00674. The third-order valence-corrected chi connectivity index (χ3v) is 5.06. The Labute approximate surface area is 150 Å². The number of aromatic nitrogens is 3. The van der Waals surface area contributed by atoms with E-state index in [1.807, 2.05) is 50.2 Å². The zero-order chi connectivity index (χ0) is 18.1. The number of hydrogen-bond donors (Lipinski definition) is 1. The maximum absolute atomic E-state index is 11.8. The third-order valence-electron chi connectivity index (χ3n) is 3.78. The van der Waals surface area contributed by atoms with Crippen LogP contribution in [0, 0.1) is 13.8 Å². The molecule has 0 fully saturated rings. The Morgan fingerprint density at radius 2 is 1.84 bits per heavy atom. The van der Waals surface area contributed by atoms with Crippen LogP contribution in [-0.2, 0) is 4.79 Å². The number of thioether (sulfide) groups is 1. The highest BCUT2D eigenvalue weighted by Crippen LogP contribution is 2.33. The maximum atomic E-state index is 11.8. The number of ketones is 1. The van der Waals surface area contributed by atoms with Crippen LogP contribution in [0.4, 0.5) is 0 Å². The number of Topliss-reactive ketones (excluding diaryl/α,β-unsaturated/α-hetero) is 1. The fourth-order valence-corrected chi connectivity index (χ4v) is 3.68. The Bertz CT molecular complexity index is 987. The van der Waals surface area contributed by atoms with Gasteiger partial charge in [-0.15, -0.1) is 0 Å². The summed E-state index contributed by atoms with van der Waals surface area (Å²) >= 11 is 1.21. The molecule has 0 saturated carbocycles. The number of carbonyl (C=O) groups excluding carboxylic acids is 1. The molecule has 0 atom stereocenters. The molecular formula is C19H19N3O2S. The monoisotopic (exact) mass is 353 g/mol. The summed E-state index contributed by atoms with van der Waals surface area (Å²) in [6.07, 6.45) is 0. The number of rotatable bonds is 4. The molecule has 0 unspecified atom stereocenters. The molecule has 2 aromatic heterocycles. The quantitative estimate of drug-likeness (QED) is 0.324. The number of aryl methyl sites for hydroxylation is 2. The lowest BCUT2D eigenvalue weighted by Crippen LogP contribution is -2.01. The van der Waals surface area contributed by atoms with Crippen molar-refractivity contribution in [2.45, 2.75) is 32.7 Å². The first-order valence-electron chi connectivity index (χ1n) is 7.89. The van der Waals surface area contributed by atoms with Crippen LogP contribution in [0.25, 0.3) is 16.8 Å². The van der Waals surface area contributed by atoms with Crippen LogP contribution in [0.15, 0.2) is 52.1 Å². The van der Waals surface area contributed by atoms with Crippen molar-refractivity contribution in [2.24, 2.45) is 0 Å². The van der Waals surface area contributed by atoms with Gasteiger partial charge in [-0.1, -0.05) is 42.1 Å². The van der Waals surface area contributed by atoms with E-state index in [0.717, 1.165) is 33.2 Å². The van der Waals surface area contributed by atoms with E-state index in [2.05, 4.69) is 10.1 Å². The minimum Gasteiger partial charge on any atom is -0.511 e. The molecule has 128 valence electrons. The van der Waals surface area contributed by atoms with Crippen LogP contribution in [-0.4, -0.2) is 25.5 Å². The van der Waals surface area contributed by atoms with E-state index in [-0.39, 0.29) is 11.5 Å². The van der Waals surface area contributed by atoms with Crippen LogP contribution in [0.1, 0.15) is 25.2 Å². The average Bonchev–Trinajstić information content (AvgIpc) is 2.88. The fourth-order valence-electron chi connectivity index (χ4n) is 2.73. The second kappa shape index (κ2) is 6.72. The minimum atomic E-state index is -0.181. The molecule has 2 heterocycles. The SMILES string of the molecule is CC(=O)/C(Sc1cc(C)nc2c(-c3ccccc3)c(C)nn12)=C(/C)O. The van der Waals surface area contributed by atoms with Gasteiger partial charge in [-0.05, 0) is 39.3 Å². The van der Waals surface area contributed by atoms with Gasteiger partial charge in [0.2, 0.25) is 0 Å². The largest absolute Gasteiger partial charge is 0.511 e.